The van der Waals surface area contributed by atoms with E-state index >= 15 is 0 Å². The lowest BCUT2D eigenvalue weighted by Gasteiger charge is -2.11. The highest BCUT2D eigenvalue weighted by atomic mass is 35.5. The van der Waals surface area contributed by atoms with Crippen LogP contribution in [0.5, 0.6) is 5.75 Å². The molecule has 0 saturated heterocycles. The molecule has 0 spiro atoms. The molecule has 3 aromatic rings. The molecule has 0 fully saturated rings. The van der Waals surface area contributed by atoms with Crippen molar-refractivity contribution in [2.45, 2.75) is 13.5 Å². The topological polar surface area (TPSA) is 51.2 Å². The zero-order valence-corrected chi connectivity index (χ0v) is 14.5. The number of nitrogens with one attached hydrogen (secondary N) is 1. The zero-order valence-electron chi connectivity index (χ0n) is 13.0. The van der Waals surface area contributed by atoms with Gasteiger partial charge in [-0.05, 0) is 25.1 Å². The lowest BCUT2D eigenvalue weighted by Crippen LogP contribution is -2.13. The zero-order chi connectivity index (χ0) is 16.9. The van der Waals surface area contributed by atoms with Crippen LogP contribution in [0.4, 0.5) is 5.13 Å². The van der Waals surface area contributed by atoms with Crippen molar-refractivity contribution in [1.82, 2.24) is 4.98 Å². The van der Waals surface area contributed by atoms with Gasteiger partial charge in [-0.1, -0.05) is 41.9 Å². The lowest BCUT2D eigenvalue weighted by molar-refractivity contribution is 0.102. The Morgan fingerprint density at radius 1 is 1.21 bits per heavy atom. The Hall–Kier alpha value is -2.37. The van der Waals surface area contributed by atoms with E-state index in [4.69, 9.17) is 16.3 Å². The first-order chi connectivity index (χ1) is 11.6. The highest BCUT2D eigenvalue weighted by molar-refractivity contribution is 7.13. The molecule has 1 amide bonds. The number of aryl methyl sites for hydroxylation is 1. The van der Waals surface area contributed by atoms with E-state index in [1.54, 1.807) is 18.2 Å². The van der Waals surface area contributed by atoms with E-state index < -0.39 is 0 Å². The van der Waals surface area contributed by atoms with Gasteiger partial charge in [-0.2, -0.15) is 0 Å². The standard InChI is InChI=1S/C18H15ClN2O2S/c1-12-11-24-18(20-12)21-17(22)14-7-3-5-9-16(14)23-10-13-6-2-4-8-15(13)19/h2-9,11H,10H2,1H3,(H,20,21,22). The van der Waals surface area contributed by atoms with Crippen molar-refractivity contribution in [3.63, 3.8) is 0 Å². The van der Waals surface area contributed by atoms with Crippen LogP contribution in [0.2, 0.25) is 5.02 Å². The van der Waals surface area contributed by atoms with Crippen LogP contribution >= 0.6 is 22.9 Å². The number of nitrogens with zero attached hydrogens (tertiary/aromatic N) is 1. The molecule has 1 aromatic heterocycles. The number of thiazole rings is 1. The molecule has 0 aliphatic heterocycles. The average Bonchev–Trinajstić information content (AvgIpc) is 2.99. The molecular weight excluding hydrogens is 344 g/mol. The maximum Gasteiger partial charge on any atom is 0.261 e. The summed E-state index contributed by atoms with van der Waals surface area (Å²) in [5.74, 6) is 0.252. The fourth-order valence-corrected chi connectivity index (χ4v) is 3.00. The number of para-hydroxylation sites is 1. The molecule has 122 valence electrons. The van der Waals surface area contributed by atoms with Gasteiger partial charge in [-0.15, -0.1) is 11.3 Å². The summed E-state index contributed by atoms with van der Waals surface area (Å²) in [5.41, 5.74) is 2.20. The van der Waals surface area contributed by atoms with Gasteiger partial charge in [0, 0.05) is 16.0 Å². The fraction of sp³-hybridized carbons (Fsp3) is 0.111. The minimum atomic E-state index is -0.251. The Kier molecular flexibility index (Phi) is 5.13. The second-order valence-corrected chi connectivity index (χ2v) is 6.39. The molecule has 0 radical (unpaired) electrons. The van der Waals surface area contributed by atoms with Crippen LogP contribution < -0.4 is 10.1 Å². The highest BCUT2D eigenvalue weighted by Crippen LogP contribution is 2.23. The van der Waals surface area contributed by atoms with Crippen molar-refractivity contribution >= 4 is 34.0 Å². The Morgan fingerprint density at radius 2 is 1.96 bits per heavy atom. The fourth-order valence-electron chi connectivity index (χ4n) is 2.13. The monoisotopic (exact) mass is 358 g/mol. The number of hydrogen-bond donors (Lipinski definition) is 1. The van der Waals surface area contributed by atoms with Gasteiger partial charge in [0.15, 0.2) is 5.13 Å². The predicted molar refractivity (Wildman–Crippen MR) is 97.0 cm³/mol. The lowest BCUT2D eigenvalue weighted by atomic mass is 10.2. The smallest absolute Gasteiger partial charge is 0.261 e. The van der Waals surface area contributed by atoms with E-state index in [-0.39, 0.29) is 5.91 Å². The number of carbonyl (C=O) groups excluding carboxylic acids is 1. The molecule has 0 atom stereocenters. The minimum absolute atomic E-state index is 0.251. The Labute approximate surface area is 149 Å². The van der Waals surface area contributed by atoms with Crippen molar-refractivity contribution in [2.24, 2.45) is 0 Å². The summed E-state index contributed by atoms with van der Waals surface area (Å²) in [4.78, 5) is 16.7. The van der Waals surface area contributed by atoms with Crippen molar-refractivity contribution in [2.75, 3.05) is 5.32 Å². The summed E-state index contributed by atoms with van der Waals surface area (Å²) in [6.07, 6.45) is 0. The molecular formula is C18H15ClN2O2S. The number of hydrogen-bond acceptors (Lipinski definition) is 4. The van der Waals surface area contributed by atoms with Crippen LogP contribution in [-0.2, 0) is 6.61 Å². The molecule has 3 rings (SSSR count). The summed E-state index contributed by atoms with van der Waals surface area (Å²) >= 11 is 7.53. The maximum absolute atomic E-state index is 12.5. The molecule has 0 aliphatic carbocycles. The molecule has 2 aromatic carbocycles. The molecule has 4 nitrogen and oxygen atoms in total. The molecule has 1 N–H and O–H groups in total. The van der Waals surface area contributed by atoms with Gasteiger partial charge in [0.25, 0.3) is 5.91 Å². The summed E-state index contributed by atoms with van der Waals surface area (Å²) in [5, 5.41) is 5.88. The third-order valence-electron chi connectivity index (χ3n) is 3.31. The Morgan fingerprint density at radius 3 is 2.71 bits per heavy atom. The van der Waals surface area contributed by atoms with Crippen LogP contribution in [-0.4, -0.2) is 10.9 Å². The summed E-state index contributed by atoms with van der Waals surface area (Å²) < 4.78 is 5.81. The SMILES string of the molecule is Cc1csc(NC(=O)c2ccccc2OCc2ccccc2Cl)n1. The van der Waals surface area contributed by atoms with Crippen LogP contribution in [0.3, 0.4) is 0 Å². The minimum Gasteiger partial charge on any atom is -0.488 e. The van der Waals surface area contributed by atoms with Gasteiger partial charge in [0.1, 0.15) is 12.4 Å². The van der Waals surface area contributed by atoms with E-state index in [9.17, 15) is 4.79 Å². The van der Waals surface area contributed by atoms with Gasteiger partial charge < -0.3 is 4.74 Å². The van der Waals surface area contributed by atoms with Crippen LogP contribution in [0, 0.1) is 6.92 Å². The molecule has 0 bridgehead atoms. The largest absolute Gasteiger partial charge is 0.488 e. The first-order valence-corrected chi connectivity index (χ1v) is 8.58. The predicted octanol–water partition coefficient (Wildman–Crippen LogP) is 4.94. The molecule has 0 unspecified atom stereocenters. The van der Waals surface area contributed by atoms with Gasteiger partial charge in [0.05, 0.1) is 11.3 Å². The number of halogens is 1. The van der Waals surface area contributed by atoms with Crippen molar-refractivity contribution in [3.05, 3.63) is 75.8 Å². The summed E-state index contributed by atoms with van der Waals surface area (Å²) in [6, 6.07) is 14.6. The third kappa shape index (κ3) is 3.93. The van der Waals surface area contributed by atoms with E-state index in [1.165, 1.54) is 11.3 Å². The molecule has 1 heterocycles. The number of rotatable bonds is 5. The molecule has 0 aliphatic rings. The summed E-state index contributed by atoms with van der Waals surface area (Å²) in [6.45, 7) is 2.17. The van der Waals surface area contributed by atoms with Gasteiger partial charge >= 0.3 is 0 Å². The van der Waals surface area contributed by atoms with E-state index in [0.29, 0.717) is 28.1 Å². The number of carbonyl (C=O) groups is 1. The molecule has 6 heteroatoms. The number of ether oxygens (including phenoxy) is 1. The number of amides is 1. The first-order valence-electron chi connectivity index (χ1n) is 7.32. The summed E-state index contributed by atoms with van der Waals surface area (Å²) in [7, 11) is 0. The van der Waals surface area contributed by atoms with Crippen LogP contribution in [0.15, 0.2) is 53.9 Å². The van der Waals surface area contributed by atoms with E-state index in [2.05, 4.69) is 10.3 Å². The Bertz CT molecular complexity index is 863. The van der Waals surface area contributed by atoms with Crippen molar-refractivity contribution in [1.29, 1.82) is 0 Å². The van der Waals surface area contributed by atoms with Gasteiger partial charge in [-0.3, -0.25) is 10.1 Å². The molecule has 24 heavy (non-hydrogen) atoms. The maximum atomic E-state index is 12.5. The number of aromatic nitrogens is 1. The second kappa shape index (κ2) is 7.47. The number of anilines is 1. The quantitative estimate of drug-likeness (QED) is 0.703. The normalized spacial score (nSPS) is 10.4. The molecule has 0 saturated carbocycles. The average molecular weight is 359 g/mol. The first kappa shape index (κ1) is 16.5. The van der Waals surface area contributed by atoms with Crippen LogP contribution in [0.1, 0.15) is 21.6 Å². The van der Waals surface area contributed by atoms with E-state index in [0.717, 1.165) is 11.3 Å². The van der Waals surface area contributed by atoms with Gasteiger partial charge in [0.2, 0.25) is 0 Å². The van der Waals surface area contributed by atoms with Crippen LogP contribution in [0.25, 0.3) is 0 Å². The van der Waals surface area contributed by atoms with Gasteiger partial charge in [-0.25, -0.2) is 4.98 Å². The van der Waals surface area contributed by atoms with Crippen molar-refractivity contribution < 1.29 is 9.53 Å². The second-order valence-electron chi connectivity index (χ2n) is 5.12. The van der Waals surface area contributed by atoms with Crippen molar-refractivity contribution in [3.8, 4) is 5.75 Å². The number of benzene rings is 2. The third-order valence-corrected chi connectivity index (χ3v) is 4.56. The Balaban J connectivity index is 1.75. The highest BCUT2D eigenvalue weighted by Gasteiger charge is 2.14. The van der Waals surface area contributed by atoms with E-state index in [1.807, 2.05) is 42.6 Å².